The van der Waals surface area contributed by atoms with Crippen molar-refractivity contribution in [1.29, 1.82) is 0 Å². The molecule has 1 heterocycles. The molecule has 0 aromatic heterocycles. The normalized spacial score (nSPS) is 26.6. The van der Waals surface area contributed by atoms with Crippen molar-refractivity contribution in [2.45, 2.75) is 56.0 Å². The average molecular weight is 366 g/mol. The Morgan fingerprint density at radius 1 is 1.04 bits per heavy atom. The summed E-state index contributed by atoms with van der Waals surface area (Å²) >= 11 is 0. The maximum absolute atomic E-state index is 12.7. The number of nitrogens with one attached hydrogen (secondary N) is 1. The van der Waals surface area contributed by atoms with Crippen LogP contribution in [0.4, 0.5) is 0 Å². The van der Waals surface area contributed by atoms with Crippen molar-refractivity contribution in [2.75, 3.05) is 32.7 Å². The fraction of sp³-hybridized carbons (Fsp3) is 0.684. The van der Waals surface area contributed by atoms with E-state index in [1.807, 2.05) is 6.07 Å². The van der Waals surface area contributed by atoms with Crippen molar-refractivity contribution < 1.29 is 8.42 Å². The van der Waals surface area contributed by atoms with Gasteiger partial charge in [0, 0.05) is 38.3 Å². The third-order valence-electron chi connectivity index (χ3n) is 5.51. The van der Waals surface area contributed by atoms with E-state index >= 15 is 0 Å². The minimum Gasteiger partial charge on any atom is -0.301 e. The third kappa shape index (κ3) is 4.82. The number of sulfonamides is 1. The van der Waals surface area contributed by atoms with Gasteiger partial charge < -0.3 is 4.90 Å². The fourth-order valence-corrected chi connectivity index (χ4v) is 5.51. The number of hydrogen-bond acceptors (Lipinski definition) is 4. The predicted octanol–water partition coefficient (Wildman–Crippen LogP) is 2.30. The highest BCUT2D eigenvalue weighted by Gasteiger charge is 2.34. The molecule has 0 spiro atoms. The summed E-state index contributed by atoms with van der Waals surface area (Å²) < 4.78 is 28.5. The molecule has 25 heavy (non-hydrogen) atoms. The van der Waals surface area contributed by atoms with Crippen LogP contribution >= 0.6 is 0 Å². The molecule has 1 aromatic rings. The lowest BCUT2D eigenvalue weighted by Gasteiger charge is -2.44. The highest BCUT2D eigenvalue weighted by atomic mass is 32.2. The minimum absolute atomic E-state index is 0.0247. The molecule has 1 N–H and O–H groups in total. The molecule has 1 aliphatic carbocycles. The van der Waals surface area contributed by atoms with Gasteiger partial charge in [-0.1, -0.05) is 38.0 Å². The smallest absolute Gasteiger partial charge is 0.240 e. The molecule has 5 nitrogen and oxygen atoms in total. The van der Waals surface area contributed by atoms with Crippen molar-refractivity contribution in [1.82, 2.24) is 14.5 Å². The van der Waals surface area contributed by atoms with Crippen molar-refractivity contribution in [3.63, 3.8) is 0 Å². The molecule has 0 amide bonds. The average Bonchev–Trinajstić information content (AvgIpc) is 2.64. The second-order valence-corrected chi connectivity index (χ2v) is 8.98. The van der Waals surface area contributed by atoms with Crippen LogP contribution in [0.1, 0.15) is 39.0 Å². The van der Waals surface area contributed by atoms with E-state index in [1.54, 1.807) is 24.3 Å². The van der Waals surface area contributed by atoms with Crippen LogP contribution in [-0.2, 0) is 10.0 Å². The standard InChI is InChI=1S/C19H31N3O2S/c1-2-12-21-13-15-22(16-14-21)19-11-7-6-10-18(19)20-25(23,24)17-8-4-3-5-9-17/h3-5,8-9,18-20H,2,6-7,10-16H2,1H3/t18-,19+/m1/s1. The Morgan fingerprint density at radius 3 is 2.40 bits per heavy atom. The first-order valence-electron chi connectivity index (χ1n) is 9.64. The summed E-state index contributed by atoms with van der Waals surface area (Å²) in [6.45, 7) is 7.69. The van der Waals surface area contributed by atoms with Gasteiger partial charge >= 0.3 is 0 Å². The van der Waals surface area contributed by atoms with Gasteiger partial charge in [-0.25, -0.2) is 13.1 Å². The summed E-state index contributed by atoms with van der Waals surface area (Å²) in [5, 5.41) is 0. The summed E-state index contributed by atoms with van der Waals surface area (Å²) in [6, 6.07) is 9.10. The van der Waals surface area contributed by atoms with E-state index in [-0.39, 0.29) is 6.04 Å². The Hall–Kier alpha value is -0.950. The zero-order valence-electron chi connectivity index (χ0n) is 15.2. The quantitative estimate of drug-likeness (QED) is 0.840. The van der Waals surface area contributed by atoms with Gasteiger partial charge in [0.15, 0.2) is 0 Å². The molecule has 6 heteroatoms. The van der Waals surface area contributed by atoms with E-state index in [0.29, 0.717) is 10.9 Å². The Bertz CT molecular complexity index is 627. The van der Waals surface area contributed by atoms with Gasteiger partial charge in [-0.15, -0.1) is 0 Å². The molecule has 0 radical (unpaired) electrons. The van der Waals surface area contributed by atoms with Crippen molar-refractivity contribution in [3.8, 4) is 0 Å². The molecule has 3 rings (SSSR count). The maximum Gasteiger partial charge on any atom is 0.240 e. The zero-order valence-corrected chi connectivity index (χ0v) is 16.0. The van der Waals surface area contributed by atoms with Crippen LogP contribution in [-0.4, -0.2) is 63.0 Å². The molecule has 1 saturated heterocycles. The first kappa shape index (κ1) is 18.8. The molecule has 1 saturated carbocycles. The van der Waals surface area contributed by atoms with Crippen LogP contribution in [0.5, 0.6) is 0 Å². The summed E-state index contributed by atoms with van der Waals surface area (Å²) in [5.74, 6) is 0. The molecular formula is C19H31N3O2S. The van der Waals surface area contributed by atoms with Gasteiger partial charge in [0.25, 0.3) is 0 Å². The number of rotatable bonds is 6. The lowest BCUT2D eigenvalue weighted by atomic mass is 9.89. The Morgan fingerprint density at radius 2 is 1.72 bits per heavy atom. The lowest BCUT2D eigenvalue weighted by Crippen LogP contribution is -2.58. The highest BCUT2D eigenvalue weighted by Crippen LogP contribution is 2.26. The number of piperazine rings is 1. The van der Waals surface area contributed by atoms with Gasteiger partial charge in [0.05, 0.1) is 4.90 Å². The van der Waals surface area contributed by atoms with Crippen LogP contribution < -0.4 is 4.72 Å². The van der Waals surface area contributed by atoms with Gasteiger partial charge in [-0.05, 0) is 37.9 Å². The molecule has 140 valence electrons. The third-order valence-corrected chi connectivity index (χ3v) is 7.01. The lowest BCUT2D eigenvalue weighted by molar-refractivity contribution is 0.0663. The summed E-state index contributed by atoms with van der Waals surface area (Å²) in [5.41, 5.74) is 0. The SMILES string of the molecule is CCCN1CCN([C@H]2CCCC[C@H]2NS(=O)(=O)c2ccccc2)CC1. The number of benzene rings is 1. The first-order valence-corrected chi connectivity index (χ1v) is 11.1. The molecule has 1 aromatic carbocycles. The molecule has 0 bridgehead atoms. The van der Waals surface area contributed by atoms with Crippen LogP contribution in [0.15, 0.2) is 35.2 Å². The summed E-state index contributed by atoms with van der Waals surface area (Å²) in [4.78, 5) is 5.40. The van der Waals surface area contributed by atoms with Crippen molar-refractivity contribution >= 4 is 10.0 Å². The molecular weight excluding hydrogens is 334 g/mol. The Kier molecular flexibility index (Phi) is 6.49. The molecule has 2 atom stereocenters. The van der Waals surface area contributed by atoms with E-state index in [0.717, 1.165) is 45.4 Å². The highest BCUT2D eigenvalue weighted by molar-refractivity contribution is 7.89. The second kappa shape index (κ2) is 8.62. The summed E-state index contributed by atoms with van der Waals surface area (Å²) in [7, 11) is -3.44. The van der Waals surface area contributed by atoms with Crippen molar-refractivity contribution in [3.05, 3.63) is 30.3 Å². The minimum atomic E-state index is -3.44. The Labute approximate surface area is 152 Å². The fourth-order valence-electron chi connectivity index (χ4n) is 4.19. The molecule has 2 fully saturated rings. The molecule has 2 aliphatic rings. The topological polar surface area (TPSA) is 52.6 Å². The van der Waals surface area contributed by atoms with Gasteiger partial charge in [-0.2, -0.15) is 0 Å². The predicted molar refractivity (Wildman–Crippen MR) is 101 cm³/mol. The maximum atomic E-state index is 12.7. The molecule has 0 unspecified atom stereocenters. The Balaban J connectivity index is 1.65. The van der Waals surface area contributed by atoms with Crippen LogP contribution in [0, 0.1) is 0 Å². The van der Waals surface area contributed by atoms with Gasteiger partial charge in [0.2, 0.25) is 10.0 Å². The van der Waals surface area contributed by atoms with E-state index in [4.69, 9.17) is 0 Å². The van der Waals surface area contributed by atoms with Gasteiger partial charge in [-0.3, -0.25) is 4.90 Å². The van der Waals surface area contributed by atoms with Crippen molar-refractivity contribution in [2.24, 2.45) is 0 Å². The van der Waals surface area contributed by atoms with E-state index in [9.17, 15) is 8.42 Å². The van der Waals surface area contributed by atoms with Crippen LogP contribution in [0.2, 0.25) is 0 Å². The first-order chi connectivity index (χ1) is 12.1. The zero-order chi connectivity index (χ0) is 17.7. The second-order valence-electron chi connectivity index (χ2n) is 7.27. The monoisotopic (exact) mass is 365 g/mol. The van der Waals surface area contributed by atoms with Crippen LogP contribution in [0.3, 0.4) is 0 Å². The van der Waals surface area contributed by atoms with E-state index in [2.05, 4.69) is 21.4 Å². The van der Waals surface area contributed by atoms with Gasteiger partial charge in [0.1, 0.15) is 0 Å². The molecule has 1 aliphatic heterocycles. The van der Waals surface area contributed by atoms with E-state index < -0.39 is 10.0 Å². The number of hydrogen-bond donors (Lipinski definition) is 1. The van der Waals surface area contributed by atoms with Crippen LogP contribution in [0.25, 0.3) is 0 Å². The van der Waals surface area contributed by atoms with E-state index in [1.165, 1.54) is 19.4 Å². The largest absolute Gasteiger partial charge is 0.301 e. The summed E-state index contributed by atoms with van der Waals surface area (Å²) in [6.07, 6.45) is 5.53. The number of nitrogens with zero attached hydrogens (tertiary/aromatic N) is 2.